The summed E-state index contributed by atoms with van der Waals surface area (Å²) in [6, 6.07) is 11.1. The van der Waals surface area contributed by atoms with Crippen molar-refractivity contribution in [3.05, 3.63) is 52.2 Å². The lowest BCUT2D eigenvalue weighted by Gasteiger charge is -2.33. The highest BCUT2D eigenvalue weighted by Crippen LogP contribution is 2.33. The zero-order valence-electron chi connectivity index (χ0n) is 18.8. The Balaban J connectivity index is 1.51. The first-order valence-corrected chi connectivity index (χ1v) is 11.3. The minimum Gasteiger partial charge on any atom is -0.376 e. The van der Waals surface area contributed by atoms with Crippen LogP contribution in [0.2, 0.25) is 0 Å². The summed E-state index contributed by atoms with van der Waals surface area (Å²) in [5.74, 6) is 0.517. The zero-order valence-corrected chi connectivity index (χ0v) is 18.8. The summed E-state index contributed by atoms with van der Waals surface area (Å²) in [5.41, 5.74) is 5.20. The number of rotatable bonds is 6. The zero-order chi connectivity index (χ0) is 22.0. The number of ether oxygens (including phenoxy) is 1. The Hall–Kier alpha value is -2.62. The number of aromatic nitrogens is 1. The quantitative estimate of drug-likeness (QED) is 0.764. The van der Waals surface area contributed by atoms with Gasteiger partial charge in [-0.3, -0.25) is 9.69 Å². The molecule has 6 heteroatoms. The molecule has 6 nitrogen and oxygen atoms in total. The minimum atomic E-state index is -0.0897. The van der Waals surface area contributed by atoms with E-state index in [1.807, 2.05) is 20.9 Å². The smallest absolute Gasteiger partial charge is 0.239 e. The average Bonchev–Trinajstić information content (AvgIpc) is 3.36. The van der Waals surface area contributed by atoms with Crippen LogP contribution in [0.3, 0.4) is 0 Å². The third-order valence-electron chi connectivity index (χ3n) is 6.87. The topological polar surface area (TPSA) is 70.3 Å². The standard InChI is InChI=1S/C25H32N4O2/c1-17-18(2)29(15-20-10-7-13-31-20)25(22(17)14-26)27-24(30)16-28(3)23-12-6-9-19-8-4-5-11-21(19)23/h4-5,8,11,20,23H,6-7,9-10,12-13,15-16H2,1-3H3,(H,27,30)/t20-,23+/m0/s1. The van der Waals surface area contributed by atoms with Gasteiger partial charge in [0, 0.05) is 18.3 Å². The van der Waals surface area contributed by atoms with Crippen LogP contribution in [0.25, 0.3) is 0 Å². The normalized spacial score (nSPS) is 20.5. The molecule has 4 rings (SSSR count). The van der Waals surface area contributed by atoms with E-state index in [1.54, 1.807) is 0 Å². The van der Waals surface area contributed by atoms with Gasteiger partial charge in [0.25, 0.3) is 0 Å². The van der Waals surface area contributed by atoms with Crippen molar-refractivity contribution in [2.45, 2.75) is 64.6 Å². The van der Waals surface area contributed by atoms with E-state index in [1.165, 1.54) is 11.1 Å². The van der Waals surface area contributed by atoms with Gasteiger partial charge < -0.3 is 14.6 Å². The van der Waals surface area contributed by atoms with Crippen molar-refractivity contribution in [2.24, 2.45) is 0 Å². The summed E-state index contributed by atoms with van der Waals surface area (Å²) >= 11 is 0. The van der Waals surface area contributed by atoms with E-state index in [2.05, 4.69) is 45.1 Å². The summed E-state index contributed by atoms with van der Waals surface area (Å²) in [7, 11) is 2.01. The summed E-state index contributed by atoms with van der Waals surface area (Å²) in [5, 5.41) is 12.8. The molecule has 1 saturated heterocycles. The van der Waals surface area contributed by atoms with Crippen molar-refractivity contribution in [1.82, 2.24) is 9.47 Å². The lowest BCUT2D eigenvalue weighted by atomic mass is 9.87. The molecule has 31 heavy (non-hydrogen) atoms. The van der Waals surface area contributed by atoms with Crippen molar-refractivity contribution in [3.8, 4) is 6.07 Å². The van der Waals surface area contributed by atoms with Crippen LogP contribution in [0.5, 0.6) is 0 Å². The molecule has 1 aliphatic heterocycles. The van der Waals surface area contributed by atoms with Crippen LogP contribution in [0.15, 0.2) is 24.3 Å². The van der Waals surface area contributed by atoms with Crippen LogP contribution in [0.4, 0.5) is 5.82 Å². The summed E-state index contributed by atoms with van der Waals surface area (Å²) < 4.78 is 7.86. The summed E-state index contributed by atoms with van der Waals surface area (Å²) in [6.45, 7) is 5.68. The van der Waals surface area contributed by atoms with Crippen molar-refractivity contribution in [2.75, 3.05) is 25.5 Å². The van der Waals surface area contributed by atoms with Crippen LogP contribution < -0.4 is 5.32 Å². The predicted molar refractivity (Wildman–Crippen MR) is 121 cm³/mol. The number of nitrogens with one attached hydrogen (secondary N) is 1. The van der Waals surface area contributed by atoms with Gasteiger partial charge in [-0.05, 0) is 69.7 Å². The second-order valence-electron chi connectivity index (χ2n) is 8.86. The maximum atomic E-state index is 13.0. The van der Waals surface area contributed by atoms with E-state index in [4.69, 9.17) is 4.74 Å². The summed E-state index contributed by atoms with van der Waals surface area (Å²) in [6.07, 6.45) is 5.49. The first kappa shape index (κ1) is 21.6. The Morgan fingerprint density at radius 2 is 2.10 bits per heavy atom. The highest BCUT2D eigenvalue weighted by molar-refractivity contribution is 5.93. The molecule has 1 N–H and O–H groups in total. The highest BCUT2D eigenvalue weighted by atomic mass is 16.5. The molecule has 1 aliphatic carbocycles. The molecule has 164 valence electrons. The van der Waals surface area contributed by atoms with Gasteiger partial charge in [-0.25, -0.2) is 0 Å². The first-order valence-electron chi connectivity index (χ1n) is 11.3. The molecule has 1 amide bonds. The fourth-order valence-corrected chi connectivity index (χ4v) is 5.05. The molecule has 0 bridgehead atoms. The third kappa shape index (κ3) is 4.39. The largest absolute Gasteiger partial charge is 0.376 e. The van der Waals surface area contributed by atoms with Crippen molar-refractivity contribution < 1.29 is 9.53 Å². The molecule has 1 aromatic heterocycles. The highest BCUT2D eigenvalue weighted by Gasteiger charge is 2.27. The van der Waals surface area contributed by atoms with E-state index >= 15 is 0 Å². The number of carbonyl (C=O) groups is 1. The van der Waals surface area contributed by atoms with Gasteiger partial charge >= 0.3 is 0 Å². The monoisotopic (exact) mass is 420 g/mol. The number of hydrogen-bond donors (Lipinski definition) is 1. The molecular weight excluding hydrogens is 388 g/mol. The molecule has 2 heterocycles. The van der Waals surface area contributed by atoms with E-state index in [-0.39, 0.29) is 24.6 Å². The second kappa shape index (κ2) is 9.25. The fourth-order valence-electron chi connectivity index (χ4n) is 5.05. The Kier molecular flexibility index (Phi) is 6.45. The van der Waals surface area contributed by atoms with E-state index in [0.717, 1.165) is 50.0 Å². The second-order valence-corrected chi connectivity index (χ2v) is 8.86. The van der Waals surface area contributed by atoms with Crippen molar-refractivity contribution in [3.63, 3.8) is 0 Å². The van der Waals surface area contributed by atoms with E-state index < -0.39 is 0 Å². The lowest BCUT2D eigenvalue weighted by molar-refractivity contribution is -0.117. The number of benzene rings is 1. The predicted octanol–water partition coefficient (Wildman–Crippen LogP) is 4.10. The van der Waals surface area contributed by atoms with Crippen molar-refractivity contribution >= 4 is 11.7 Å². The van der Waals surface area contributed by atoms with Gasteiger partial charge in [-0.1, -0.05) is 24.3 Å². The molecule has 0 radical (unpaired) electrons. The Morgan fingerprint density at radius 3 is 2.84 bits per heavy atom. The summed E-state index contributed by atoms with van der Waals surface area (Å²) in [4.78, 5) is 15.2. The van der Waals surface area contributed by atoms with Gasteiger partial charge in [-0.15, -0.1) is 0 Å². The van der Waals surface area contributed by atoms with Crippen LogP contribution in [-0.2, 0) is 22.5 Å². The molecule has 0 unspecified atom stereocenters. The first-order chi connectivity index (χ1) is 15.0. The van der Waals surface area contributed by atoms with E-state index in [0.29, 0.717) is 17.9 Å². The van der Waals surface area contributed by atoms with Crippen LogP contribution in [0, 0.1) is 25.2 Å². The number of amides is 1. The molecule has 1 aromatic carbocycles. The maximum absolute atomic E-state index is 13.0. The van der Waals surface area contributed by atoms with Gasteiger partial charge in [0.2, 0.25) is 5.91 Å². The molecule has 2 atom stereocenters. The van der Waals surface area contributed by atoms with Crippen molar-refractivity contribution in [1.29, 1.82) is 5.26 Å². The van der Waals surface area contributed by atoms with Gasteiger partial charge in [-0.2, -0.15) is 5.26 Å². The van der Waals surface area contributed by atoms with Crippen LogP contribution in [0.1, 0.15) is 59.7 Å². The van der Waals surface area contributed by atoms with E-state index in [9.17, 15) is 10.1 Å². The number of fused-ring (bicyclic) bond motifs is 1. The number of likely N-dealkylation sites (N-methyl/N-ethyl adjacent to an activating group) is 1. The maximum Gasteiger partial charge on any atom is 0.239 e. The fraction of sp³-hybridized carbons (Fsp3) is 0.520. The molecule has 0 spiro atoms. The number of carbonyl (C=O) groups excluding carboxylic acids is 1. The van der Waals surface area contributed by atoms with Crippen LogP contribution >= 0.6 is 0 Å². The molecule has 2 aliphatic rings. The number of anilines is 1. The number of hydrogen-bond acceptors (Lipinski definition) is 4. The average molecular weight is 421 g/mol. The van der Waals surface area contributed by atoms with Gasteiger partial charge in [0.1, 0.15) is 11.9 Å². The molecular formula is C25H32N4O2. The minimum absolute atomic E-state index is 0.0897. The Bertz CT molecular complexity index is 998. The Labute approximate surface area is 184 Å². The SMILES string of the molecule is Cc1c(C#N)c(NC(=O)CN(C)[C@@H]2CCCc3ccccc32)n(C[C@@H]2CCCO2)c1C. The number of nitrogens with zero attached hydrogens (tertiary/aromatic N) is 3. The molecule has 1 fully saturated rings. The number of nitriles is 1. The number of aryl methyl sites for hydroxylation is 1. The lowest BCUT2D eigenvalue weighted by Crippen LogP contribution is -2.35. The molecule has 2 aromatic rings. The Morgan fingerprint density at radius 1 is 1.29 bits per heavy atom. The third-order valence-corrected chi connectivity index (χ3v) is 6.87. The van der Waals surface area contributed by atoms with Gasteiger partial charge in [0.05, 0.1) is 24.8 Å². The molecule has 0 saturated carbocycles. The van der Waals surface area contributed by atoms with Crippen LogP contribution in [-0.4, -0.2) is 41.7 Å². The van der Waals surface area contributed by atoms with Gasteiger partial charge in [0.15, 0.2) is 0 Å².